The zero-order valence-electron chi connectivity index (χ0n) is 17.9. The van der Waals surface area contributed by atoms with Crippen LogP contribution in [-0.2, 0) is 0 Å². The molecule has 30 heavy (non-hydrogen) atoms. The van der Waals surface area contributed by atoms with Crippen LogP contribution in [0.2, 0.25) is 0 Å². The highest BCUT2D eigenvalue weighted by atomic mass is 16.5. The van der Waals surface area contributed by atoms with E-state index in [9.17, 15) is 9.59 Å². The van der Waals surface area contributed by atoms with Crippen molar-refractivity contribution in [1.82, 2.24) is 10.2 Å². The standard InChI is InChI=1S/C23H28N2O5/c1-15-5-7-16(8-6-15)23(27)25-11-9-18(10-12-25)24-22(26)17-13-19(28-2)21(30-4)20(14-17)29-3/h5-8,13-14,18H,9-12H2,1-4H3,(H,24,26). The third-order valence-electron chi connectivity index (χ3n) is 5.34. The normalized spacial score (nSPS) is 14.2. The van der Waals surface area contributed by atoms with Gasteiger partial charge in [0, 0.05) is 30.3 Å². The van der Waals surface area contributed by atoms with Gasteiger partial charge in [-0.3, -0.25) is 9.59 Å². The van der Waals surface area contributed by atoms with Gasteiger partial charge in [-0.25, -0.2) is 0 Å². The number of hydrogen-bond donors (Lipinski definition) is 1. The first kappa shape index (κ1) is 21.5. The van der Waals surface area contributed by atoms with Gasteiger partial charge in [-0.05, 0) is 44.0 Å². The highest BCUT2D eigenvalue weighted by molar-refractivity contribution is 5.96. The Hall–Kier alpha value is -3.22. The number of hydrogen-bond acceptors (Lipinski definition) is 5. The lowest BCUT2D eigenvalue weighted by atomic mass is 10.0. The molecule has 2 aromatic carbocycles. The zero-order valence-corrected chi connectivity index (χ0v) is 17.9. The Balaban J connectivity index is 1.61. The number of piperidine rings is 1. The molecule has 160 valence electrons. The largest absolute Gasteiger partial charge is 0.493 e. The summed E-state index contributed by atoms with van der Waals surface area (Å²) in [5.74, 6) is 1.13. The van der Waals surface area contributed by atoms with Crippen LogP contribution in [0.15, 0.2) is 36.4 Å². The van der Waals surface area contributed by atoms with Crippen molar-refractivity contribution in [2.75, 3.05) is 34.4 Å². The molecule has 2 amide bonds. The molecule has 1 aliphatic heterocycles. The summed E-state index contributed by atoms with van der Waals surface area (Å²) in [7, 11) is 4.55. The van der Waals surface area contributed by atoms with Gasteiger partial charge in [-0.1, -0.05) is 17.7 Å². The molecule has 0 spiro atoms. The molecule has 1 fully saturated rings. The monoisotopic (exact) mass is 412 g/mol. The third kappa shape index (κ3) is 4.67. The fourth-order valence-electron chi connectivity index (χ4n) is 3.59. The topological polar surface area (TPSA) is 77.1 Å². The number of aryl methyl sites for hydroxylation is 1. The van der Waals surface area contributed by atoms with Gasteiger partial charge < -0.3 is 24.4 Å². The quantitative estimate of drug-likeness (QED) is 0.789. The van der Waals surface area contributed by atoms with Crippen LogP contribution < -0.4 is 19.5 Å². The van der Waals surface area contributed by atoms with E-state index < -0.39 is 0 Å². The van der Waals surface area contributed by atoms with Crippen LogP contribution >= 0.6 is 0 Å². The number of likely N-dealkylation sites (tertiary alicyclic amines) is 1. The Kier molecular flexibility index (Phi) is 6.82. The van der Waals surface area contributed by atoms with Crippen molar-refractivity contribution < 1.29 is 23.8 Å². The number of nitrogens with one attached hydrogen (secondary N) is 1. The maximum atomic E-state index is 12.8. The number of carbonyl (C=O) groups is 2. The number of carbonyl (C=O) groups excluding carboxylic acids is 2. The molecule has 7 heteroatoms. The summed E-state index contributed by atoms with van der Waals surface area (Å²) in [6, 6.07) is 10.9. The predicted molar refractivity (Wildman–Crippen MR) is 114 cm³/mol. The van der Waals surface area contributed by atoms with Crippen molar-refractivity contribution in [3.05, 3.63) is 53.1 Å². The number of rotatable bonds is 6. The Labute approximate surface area is 176 Å². The predicted octanol–water partition coefficient (Wildman–Crippen LogP) is 3.06. The first-order valence-corrected chi connectivity index (χ1v) is 9.93. The van der Waals surface area contributed by atoms with Crippen molar-refractivity contribution >= 4 is 11.8 Å². The molecule has 0 aliphatic carbocycles. The summed E-state index contributed by atoms with van der Waals surface area (Å²) in [4.78, 5) is 27.3. The molecule has 1 heterocycles. The van der Waals surface area contributed by atoms with E-state index in [1.54, 1.807) is 12.1 Å². The van der Waals surface area contributed by atoms with Gasteiger partial charge in [-0.15, -0.1) is 0 Å². The molecular formula is C23H28N2O5. The molecule has 0 bridgehead atoms. The minimum absolute atomic E-state index is 0.00124. The van der Waals surface area contributed by atoms with E-state index in [4.69, 9.17) is 14.2 Å². The lowest BCUT2D eigenvalue weighted by molar-refractivity contribution is 0.0698. The Morgan fingerprint density at radius 2 is 1.47 bits per heavy atom. The lowest BCUT2D eigenvalue weighted by Crippen LogP contribution is -2.46. The molecule has 0 radical (unpaired) electrons. The Morgan fingerprint density at radius 3 is 1.97 bits per heavy atom. The minimum Gasteiger partial charge on any atom is -0.493 e. The van der Waals surface area contributed by atoms with Gasteiger partial charge >= 0.3 is 0 Å². The van der Waals surface area contributed by atoms with Gasteiger partial charge in [0.1, 0.15) is 0 Å². The fourth-order valence-corrected chi connectivity index (χ4v) is 3.59. The lowest BCUT2D eigenvalue weighted by Gasteiger charge is -2.32. The maximum Gasteiger partial charge on any atom is 0.253 e. The van der Waals surface area contributed by atoms with Gasteiger partial charge in [0.05, 0.1) is 21.3 Å². The summed E-state index contributed by atoms with van der Waals surface area (Å²) in [5, 5.41) is 3.05. The summed E-state index contributed by atoms with van der Waals surface area (Å²) in [6.07, 6.45) is 1.40. The van der Waals surface area contributed by atoms with E-state index in [0.717, 1.165) is 5.56 Å². The highest BCUT2D eigenvalue weighted by Crippen LogP contribution is 2.38. The number of ether oxygens (including phenoxy) is 3. The summed E-state index contributed by atoms with van der Waals surface area (Å²) < 4.78 is 15.9. The average molecular weight is 412 g/mol. The summed E-state index contributed by atoms with van der Waals surface area (Å²) in [6.45, 7) is 3.20. The van der Waals surface area contributed by atoms with E-state index in [-0.39, 0.29) is 17.9 Å². The second kappa shape index (κ2) is 9.52. The van der Waals surface area contributed by atoms with Crippen LogP contribution in [0.4, 0.5) is 0 Å². The molecule has 7 nitrogen and oxygen atoms in total. The number of benzene rings is 2. The molecule has 1 N–H and O–H groups in total. The van der Waals surface area contributed by atoms with Crippen molar-refractivity contribution in [3.8, 4) is 17.2 Å². The van der Waals surface area contributed by atoms with Gasteiger partial charge in [0.15, 0.2) is 11.5 Å². The van der Waals surface area contributed by atoms with Crippen LogP contribution in [0.1, 0.15) is 39.1 Å². The fraction of sp³-hybridized carbons (Fsp3) is 0.391. The molecule has 0 atom stereocenters. The van der Waals surface area contributed by atoms with E-state index in [1.165, 1.54) is 21.3 Å². The van der Waals surface area contributed by atoms with Crippen LogP contribution in [0, 0.1) is 6.92 Å². The van der Waals surface area contributed by atoms with E-state index in [2.05, 4.69) is 5.32 Å². The Bertz CT molecular complexity index is 877. The second-order valence-electron chi connectivity index (χ2n) is 7.32. The van der Waals surface area contributed by atoms with Crippen LogP contribution in [0.5, 0.6) is 17.2 Å². The van der Waals surface area contributed by atoms with Crippen molar-refractivity contribution in [2.45, 2.75) is 25.8 Å². The van der Waals surface area contributed by atoms with E-state index in [0.29, 0.717) is 54.3 Å². The van der Waals surface area contributed by atoms with Crippen molar-refractivity contribution in [2.24, 2.45) is 0 Å². The van der Waals surface area contributed by atoms with Crippen LogP contribution in [0.3, 0.4) is 0 Å². The zero-order chi connectivity index (χ0) is 21.7. The Morgan fingerprint density at radius 1 is 0.900 bits per heavy atom. The second-order valence-corrected chi connectivity index (χ2v) is 7.32. The van der Waals surface area contributed by atoms with E-state index >= 15 is 0 Å². The van der Waals surface area contributed by atoms with E-state index in [1.807, 2.05) is 36.1 Å². The first-order chi connectivity index (χ1) is 14.5. The number of methoxy groups -OCH3 is 3. The molecule has 1 aliphatic rings. The maximum absolute atomic E-state index is 12.8. The first-order valence-electron chi connectivity index (χ1n) is 9.93. The van der Waals surface area contributed by atoms with Crippen LogP contribution in [-0.4, -0.2) is 57.2 Å². The highest BCUT2D eigenvalue weighted by Gasteiger charge is 2.25. The van der Waals surface area contributed by atoms with Gasteiger partial charge in [-0.2, -0.15) is 0 Å². The van der Waals surface area contributed by atoms with Crippen molar-refractivity contribution in [3.63, 3.8) is 0 Å². The van der Waals surface area contributed by atoms with Gasteiger partial charge in [0.2, 0.25) is 5.75 Å². The average Bonchev–Trinajstić information content (AvgIpc) is 2.78. The van der Waals surface area contributed by atoms with Crippen LogP contribution in [0.25, 0.3) is 0 Å². The number of nitrogens with zero attached hydrogens (tertiary/aromatic N) is 1. The van der Waals surface area contributed by atoms with Crippen molar-refractivity contribution in [1.29, 1.82) is 0 Å². The smallest absolute Gasteiger partial charge is 0.253 e. The number of amides is 2. The molecule has 1 saturated heterocycles. The molecule has 0 aromatic heterocycles. The van der Waals surface area contributed by atoms with Gasteiger partial charge in [0.25, 0.3) is 11.8 Å². The molecule has 0 unspecified atom stereocenters. The third-order valence-corrected chi connectivity index (χ3v) is 5.34. The molecule has 0 saturated carbocycles. The SMILES string of the molecule is COc1cc(C(=O)NC2CCN(C(=O)c3ccc(C)cc3)CC2)cc(OC)c1OC. The molecule has 2 aromatic rings. The summed E-state index contributed by atoms with van der Waals surface area (Å²) in [5.41, 5.74) is 2.25. The molecular weight excluding hydrogens is 384 g/mol. The summed E-state index contributed by atoms with van der Waals surface area (Å²) >= 11 is 0. The minimum atomic E-state index is -0.211. The molecule has 3 rings (SSSR count).